The molecule has 0 aliphatic carbocycles. The van der Waals surface area contributed by atoms with E-state index in [9.17, 15) is 4.79 Å². The Kier molecular flexibility index (Phi) is 4.27. The highest BCUT2D eigenvalue weighted by molar-refractivity contribution is 6.42. The second-order valence-corrected chi connectivity index (χ2v) is 5.45. The van der Waals surface area contributed by atoms with Crippen molar-refractivity contribution in [2.24, 2.45) is 0 Å². The Hall–Kier alpha value is -2.44. The van der Waals surface area contributed by atoms with Crippen molar-refractivity contribution in [1.82, 2.24) is 15.2 Å². The van der Waals surface area contributed by atoms with Crippen LogP contribution in [0.25, 0.3) is 11.3 Å². The minimum atomic E-state index is -0.377. The average molecular weight is 349 g/mol. The Bertz CT molecular complexity index is 879. The first-order valence-electron chi connectivity index (χ1n) is 6.56. The second-order valence-electron chi connectivity index (χ2n) is 4.64. The summed E-state index contributed by atoms with van der Waals surface area (Å²) in [6.07, 6.45) is 1.53. The molecule has 0 aliphatic rings. The summed E-state index contributed by atoms with van der Waals surface area (Å²) in [5.41, 5.74) is 1.75. The molecule has 1 amide bonds. The highest BCUT2D eigenvalue weighted by Gasteiger charge is 2.12. The Morgan fingerprint density at radius 3 is 2.65 bits per heavy atom. The minimum absolute atomic E-state index is 0.0420. The van der Waals surface area contributed by atoms with Crippen molar-refractivity contribution < 1.29 is 9.21 Å². The van der Waals surface area contributed by atoms with E-state index in [1.54, 1.807) is 37.3 Å². The maximum atomic E-state index is 12.2. The molecule has 8 heteroatoms. The molecule has 2 heterocycles. The van der Waals surface area contributed by atoms with Crippen LogP contribution in [-0.2, 0) is 0 Å². The van der Waals surface area contributed by atoms with Crippen molar-refractivity contribution in [2.75, 3.05) is 5.32 Å². The van der Waals surface area contributed by atoms with Crippen LogP contribution in [0.3, 0.4) is 0 Å². The van der Waals surface area contributed by atoms with Gasteiger partial charge in [0.2, 0.25) is 5.89 Å². The SMILES string of the molecule is Cc1nnc(NC(=O)c2ccnc(-c3ccc(Cl)c(Cl)c3)c2)o1. The quantitative estimate of drug-likeness (QED) is 0.773. The maximum Gasteiger partial charge on any atom is 0.322 e. The number of hydrogen-bond donors (Lipinski definition) is 1. The van der Waals surface area contributed by atoms with Crippen molar-refractivity contribution in [3.8, 4) is 11.3 Å². The molecule has 2 aromatic heterocycles. The fourth-order valence-corrected chi connectivity index (χ4v) is 2.20. The topological polar surface area (TPSA) is 80.9 Å². The molecular weight excluding hydrogens is 339 g/mol. The molecule has 0 bridgehead atoms. The van der Waals surface area contributed by atoms with Gasteiger partial charge in [0.15, 0.2) is 0 Å². The van der Waals surface area contributed by atoms with Crippen LogP contribution in [0.5, 0.6) is 0 Å². The van der Waals surface area contributed by atoms with Crippen molar-refractivity contribution in [2.45, 2.75) is 6.92 Å². The van der Waals surface area contributed by atoms with Crippen molar-refractivity contribution >= 4 is 35.1 Å². The Balaban J connectivity index is 1.87. The van der Waals surface area contributed by atoms with Crippen LogP contribution < -0.4 is 5.32 Å². The van der Waals surface area contributed by atoms with Crippen molar-refractivity contribution in [3.05, 3.63) is 58.0 Å². The third-order valence-corrected chi connectivity index (χ3v) is 3.72. The number of nitrogens with zero attached hydrogens (tertiary/aromatic N) is 3. The number of benzene rings is 1. The average Bonchev–Trinajstić information content (AvgIpc) is 2.95. The van der Waals surface area contributed by atoms with Gasteiger partial charge in [-0.3, -0.25) is 15.1 Å². The fourth-order valence-electron chi connectivity index (χ4n) is 1.90. The largest absolute Gasteiger partial charge is 0.408 e. The molecule has 3 aromatic rings. The summed E-state index contributed by atoms with van der Waals surface area (Å²) >= 11 is 11.9. The number of carbonyl (C=O) groups is 1. The fraction of sp³-hybridized carbons (Fsp3) is 0.0667. The number of anilines is 1. The highest BCUT2D eigenvalue weighted by atomic mass is 35.5. The number of aryl methyl sites for hydroxylation is 1. The van der Waals surface area contributed by atoms with Crippen LogP contribution in [-0.4, -0.2) is 21.1 Å². The van der Waals surface area contributed by atoms with Gasteiger partial charge < -0.3 is 4.42 Å². The number of amides is 1. The first-order chi connectivity index (χ1) is 11.0. The summed E-state index contributed by atoms with van der Waals surface area (Å²) in [5, 5.41) is 10.8. The van der Waals surface area contributed by atoms with E-state index >= 15 is 0 Å². The van der Waals surface area contributed by atoms with Gasteiger partial charge in [0.1, 0.15) is 0 Å². The number of hydrogen-bond acceptors (Lipinski definition) is 5. The normalized spacial score (nSPS) is 10.6. The van der Waals surface area contributed by atoms with Gasteiger partial charge >= 0.3 is 6.01 Å². The Labute approximate surface area is 141 Å². The second kappa shape index (κ2) is 6.36. The van der Waals surface area contributed by atoms with Crippen LogP contribution in [0.15, 0.2) is 40.9 Å². The van der Waals surface area contributed by atoms with E-state index in [2.05, 4.69) is 20.5 Å². The van der Waals surface area contributed by atoms with Crippen LogP contribution in [0.4, 0.5) is 6.01 Å². The molecule has 1 aromatic carbocycles. The molecule has 116 valence electrons. The lowest BCUT2D eigenvalue weighted by atomic mass is 10.1. The number of nitrogens with one attached hydrogen (secondary N) is 1. The third kappa shape index (κ3) is 3.49. The Morgan fingerprint density at radius 1 is 1.13 bits per heavy atom. The molecule has 6 nitrogen and oxygen atoms in total. The van der Waals surface area contributed by atoms with Crippen LogP contribution in [0, 0.1) is 6.92 Å². The molecule has 0 unspecified atom stereocenters. The lowest BCUT2D eigenvalue weighted by Gasteiger charge is -2.05. The molecule has 0 radical (unpaired) electrons. The van der Waals surface area contributed by atoms with Gasteiger partial charge in [-0.1, -0.05) is 34.4 Å². The zero-order valence-electron chi connectivity index (χ0n) is 11.9. The Morgan fingerprint density at radius 2 is 1.96 bits per heavy atom. The lowest BCUT2D eigenvalue weighted by Crippen LogP contribution is -2.12. The van der Waals surface area contributed by atoms with Gasteiger partial charge in [0.25, 0.3) is 5.91 Å². The van der Waals surface area contributed by atoms with Crippen molar-refractivity contribution in [1.29, 1.82) is 0 Å². The zero-order valence-corrected chi connectivity index (χ0v) is 13.4. The molecule has 23 heavy (non-hydrogen) atoms. The molecule has 3 rings (SSSR count). The summed E-state index contributed by atoms with van der Waals surface area (Å²) in [5.74, 6) is -0.0103. The highest BCUT2D eigenvalue weighted by Crippen LogP contribution is 2.27. The van der Waals surface area contributed by atoms with E-state index in [-0.39, 0.29) is 11.9 Å². The predicted molar refractivity (Wildman–Crippen MR) is 86.7 cm³/mol. The smallest absolute Gasteiger partial charge is 0.322 e. The molecule has 0 aliphatic heterocycles. The first-order valence-corrected chi connectivity index (χ1v) is 7.31. The first kappa shape index (κ1) is 15.5. The monoisotopic (exact) mass is 348 g/mol. The minimum Gasteiger partial charge on any atom is -0.408 e. The van der Waals surface area contributed by atoms with E-state index in [1.807, 2.05) is 0 Å². The van der Waals surface area contributed by atoms with Gasteiger partial charge in [-0.15, -0.1) is 5.10 Å². The van der Waals surface area contributed by atoms with Gasteiger partial charge in [0.05, 0.1) is 15.7 Å². The molecule has 0 saturated heterocycles. The lowest BCUT2D eigenvalue weighted by molar-refractivity contribution is 0.102. The van der Waals surface area contributed by atoms with Gasteiger partial charge in [0, 0.05) is 24.2 Å². The van der Waals surface area contributed by atoms with E-state index in [0.717, 1.165) is 5.56 Å². The van der Waals surface area contributed by atoms with Crippen LogP contribution >= 0.6 is 23.2 Å². The third-order valence-electron chi connectivity index (χ3n) is 2.98. The summed E-state index contributed by atoms with van der Waals surface area (Å²) < 4.78 is 5.12. The predicted octanol–water partition coefficient (Wildman–Crippen LogP) is 4.00. The standard InChI is InChI=1S/C15H10Cl2N4O2/c1-8-20-21-15(23-8)19-14(22)10-4-5-18-13(7-10)9-2-3-11(16)12(17)6-9/h2-7H,1H3,(H,19,21,22). The van der Waals surface area contributed by atoms with Gasteiger partial charge in [-0.25, -0.2) is 0 Å². The molecule has 0 spiro atoms. The number of pyridine rings is 1. The number of aromatic nitrogens is 3. The molecule has 0 atom stereocenters. The van der Waals surface area contributed by atoms with E-state index < -0.39 is 0 Å². The molecule has 0 fully saturated rings. The van der Waals surface area contributed by atoms with Crippen LogP contribution in [0.2, 0.25) is 10.0 Å². The molecule has 0 saturated carbocycles. The zero-order chi connectivity index (χ0) is 16.4. The number of rotatable bonds is 3. The van der Waals surface area contributed by atoms with Crippen molar-refractivity contribution in [3.63, 3.8) is 0 Å². The summed E-state index contributed by atoms with van der Waals surface area (Å²) in [6, 6.07) is 8.40. The molecular formula is C15H10Cl2N4O2. The van der Waals surface area contributed by atoms with E-state index in [4.69, 9.17) is 27.6 Å². The van der Waals surface area contributed by atoms with Crippen LogP contribution in [0.1, 0.15) is 16.2 Å². The van der Waals surface area contributed by atoms with Gasteiger partial charge in [-0.05, 0) is 24.3 Å². The number of carbonyl (C=O) groups excluding carboxylic acids is 1. The summed E-state index contributed by atoms with van der Waals surface area (Å²) in [7, 11) is 0. The summed E-state index contributed by atoms with van der Waals surface area (Å²) in [4.78, 5) is 16.5. The summed E-state index contributed by atoms with van der Waals surface area (Å²) in [6.45, 7) is 1.64. The van der Waals surface area contributed by atoms with E-state index in [0.29, 0.717) is 27.2 Å². The van der Waals surface area contributed by atoms with Gasteiger partial charge in [-0.2, -0.15) is 0 Å². The maximum absolute atomic E-state index is 12.2. The van der Waals surface area contributed by atoms with E-state index in [1.165, 1.54) is 6.20 Å². The number of halogens is 2. The molecule has 1 N–H and O–H groups in total.